The second kappa shape index (κ2) is 7.25. The summed E-state index contributed by atoms with van der Waals surface area (Å²) in [6.07, 6.45) is 5.47. The number of benzene rings is 1. The Morgan fingerprint density at radius 1 is 1.16 bits per heavy atom. The van der Waals surface area contributed by atoms with Gasteiger partial charge in [-0.2, -0.15) is 0 Å². The van der Waals surface area contributed by atoms with E-state index in [0.29, 0.717) is 10.9 Å². The molecule has 1 saturated carbocycles. The van der Waals surface area contributed by atoms with Gasteiger partial charge in [0.1, 0.15) is 6.54 Å². The molecule has 1 aromatic carbocycles. The predicted octanol–water partition coefficient (Wildman–Crippen LogP) is 2.19. The molecule has 25 heavy (non-hydrogen) atoms. The number of carbonyl (C=O) groups excluding carboxylic acids is 1. The minimum Gasteiger partial charge on any atom is -0.352 e. The zero-order valence-corrected chi connectivity index (χ0v) is 14.8. The summed E-state index contributed by atoms with van der Waals surface area (Å²) in [5.41, 5.74) is -0.231. The van der Waals surface area contributed by atoms with Gasteiger partial charge in [0.2, 0.25) is 5.91 Å². The monoisotopic (exact) mass is 343 g/mol. The van der Waals surface area contributed by atoms with Gasteiger partial charge in [0.15, 0.2) is 0 Å². The van der Waals surface area contributed by atoms with Crippen molar-refractivity contribution in [2.75, 3.05) is 0 Å². The lowest BCUT2D eigenvalue weighted by Crippen LogP contribution is -2.45. The molecule has 134 valence electrons. The summed E-state index contributed by atoms with van der Waals surface area (Å²) >= 11 is 0. The van der Waals surface area contributed by atoms with Gasteiger partial charge in [0.05, 0.1) is 10.9 Å². The Labute approximate surface area is 146 Å². The molecule has 0 spiro atoms. The zero-order chi connectivity index (χ0) is 18.0. The molecular weight excluding hydrogens is 318 g/mol. The number of para-hydroxylation sites is 1. The first-order valence-corrected chi connectivity index (χ1v) is 9.02. The second-order valence-corrected chi connectivity index (χ2v) is 7.06. The summed E-state index contributed by atoms with van der Waals surface area (Å²) in [5, 5.41) is 3.50. The molecule has 1 aliphatic carbocycles. The molecule has 0 atom stereocenters. The van der Waals surface area contributed by atoms with E-state index in [0.717, 1.165) is 25.7 Å². The van der Waals surface area contributed by atoms with Crippen LogP contribution in [0.4, 0.5) is 0 Å². The molecule has 3 rings (SSSR count). The summed E-state index contributed by atoms with van der Waals surface area (Å²) in [4.78, 5) is 37.9. The lowest BCUT2D eigenvalue weighted by molar-refractivity contribution is -0.122. The van der Waals surface area contributed by atoms with Crippen molar-refractivity contribution in [2.45, 2.75) is 64.6 Å². The zero-order valence-electron chi connectivity index (χ0n) is 14.8. The van der Waals surface area contributed by atoms with Crippen molar-refractivity contribution in [2.24, 2.45) is 0 Å². The highest BCUT2D eigenvalue weighted by Gasteiger charge is 2.19. The molecular formula is C19H25N3O3. The topological polar surface area (TPSA) is 73.1 Å². The van der Waals surface area contributed by atoms with Crippen molar-refractivity contribution in [3.8, 4) is 0 Å². The quantitative estimate of drug-likeness (QED) is 0.925. The maximum Gasteiger partial charge on any atom is 0.332 e. The molecule has 0 bridgehead atoms. The van der Waals surface area contributed by atoms with Crippen molar-refractivity contribution < 1.29 is 4.79 Å². The van der Waals surface area contributed by atoms with E-state index < -0.39 is 5.69 Å². The highest BCUT2D eigenvalue weighted by atomic mass is 16.2. The van der Waals surface area contributed by atoms with E-state index in [1.165, 1.54) is 15.6 Å². The van der Waals surface area contributed by atoms with E-state index in [4.69, 9.17) is 0 Å². The Morgan fingerprint density at radius 2 is 1.84 bits per heavy atom. The number of hydrogen-bond donors (Lipinski definition) is 1. The SMILES string of the molecule is CC(C)n1c(=O)c2ccccc2n(CC(=O)NC2CCCCC2)c1=O. The fraction of sp³-hybridized carbons (Fsp3) is 0.526. The molecule has 2 aromatic rings. The molecule has 0 unspecified atom stereocenters. The molecule has 6 heteroatoms. The molecule has 1 aliphatic rings. The van der Waals surface area contributed by atoms with Crippen LogP contribution in [0.5, 0.6) is 0 Å². The van der Waals surface area contributed by atoms with Gasteiger partial charge in [0, 0.05) is 12.1 Å². The summed E-state index contributed by atoms with van der Waals surface area (Å²) < 4.78 is 2.63. The van der Waals surface area contributed by atoms with Crippen LogP contribution in [0.15, 0.2) is 33.9 Å². The summed E-state index contributed by atoms with van der Waals surface area (Å²) in [7, 11) is 0. The average molecular weight is 343 g/mol. The Balaban J connectivity index is 1.98. The largest absolute Gasteiger partial charge is 0.352 e. The summed E-state index contributed by atoms with van der Waals surface area (Å²) in [5.74, 6) is -0.173. The van der Waals surface area contributed by atoms with Gasteiger partial charge >= 0.3 is 5.69 Å². The van der Waals surface area contributed by atoms with Gasteiger partial charge in [-0.15, -0.1) is 0 Å². The Morgan fingerprint density at radius 3 is 2.52 bits per heavy atom. The molecule has 1 N–H and O–H groups in total. The standard InChI is InChI=1S/C19H25N3O3/c1-13(2)22-18(24)15-10-6-7-11-16(15)21(19(22)25)12-17(23)20-14-8-4-3-5-9-14/h6-7,10-11,13-14H,3-5,8-9,12H2,1-2H3,(H,20,23). The van der Waals surface area contributed by atoms with Crippen LogP contribution in [0.25, 0.3) is 10.9 Å². The molecule has 6 nitrogen and oxygen atoms in total. The maximum atomic E-state index is 12.8. The first-order chi connectivity index (χ1) is 12.0. The third-order valence-electron chi connectivity index (χ3n) is 4.87. The van der Waals surface area contributed by atoms with E-state index >= 15 is 0 Å². The van der Waals surface area contributed by atoms with Crippen LogP contribution < -0.4 is 16.6 Å². The number of carbonyl (C=O) groups is 1. The van der Waals surface area contributed by atoms with E-state index in [2.05, 4.69) is 5.32 Å². The number of amides is 1. The van der Waals surface area contributed by atoms with Gasteiger partial charge < -0.3 is 5.32 Å². The number of hydrogen-bond acceptors (Lipinski definition) is 3. The lowest BCUT2D eigenvalue weighted by Gasteiger charge is -2.23. The Kier molecular flexibility index (Phi) is 5.06. The predicted molar refractivity (Wildman–Crippen MR) is 97.9 cm³/mol. The molecule has 0 saturated heterocycles. The molecule has 1 heterocycles. The van der Waals surface area contributed by atoms with Gasteiger partial charge in [0.25, 0.3) is 5.56 Å². The van der Waals surface area contributed by atoms with Crippen molar-refractivity contribution >= 4 is 16.8 Å². The van der Waals surface area contributed by atoms with Crippen LogP contribution in [0, 0.1) is 0 Å². The second-order valence-electron chi connectivity index (χ2n) is 7.06. The fourth-order valence-corrected chi connectivity index (χ4v) is 3.61. The summed E-state index contributed by atoms with van der Waals surface area (Å²) in [6, 6.07) is 6.89. The molecule has 1 aromatic heterocycles. The third kappa shape index (κ3) is 3.52. The van der Waals surface area contributed by atoms with Crippen LogP contribution in [0.2, 0.25) is 0 Å². The first kappa shape index (κ1) is 17.5. The molecule has 0 radical (unpaired) electrons. The number of nitrogens with zero attached hydrogens (tertiary/aromatic N) is 2. The van der Waals surface area contributed by atoms with Gasteiger partial charge in [-0.25, -0.2) is 4.79 Å². The molecule has 1 amide bonds. The first-order valence-electron chi connectivity index (χ1n) is 9.02. The number of nitrogens with one attached hydrogen (secondary N) is 1. The maximum absolute atomic E-state index is 12.8. The number of aromatic nitrogens is 2. The van der Waals surface area contributed by atoms with Crippen LogP contribution >= 0.6 is 0 Å². The highest BCUT2D eigenvalue weighted by Crippen LogP contribution is 2.17. The highest BCUT2D eigenvalue weighted by molar-refractivity contribution is 5.81. The van der Waals surface area contributed by atoms with Gasteiger partial charge in [-0.1, -0.05) is 31.4 Å². The Hall–Kier alpha value is -2.37. The molecule has 0 aliphatic heterocycles. The minimum atomic E-state index is -0.433. The van der Waals surface area contributed by atoms with Crippen LogP contribution in [0.3, 0.4) is 0 Å². The van der Waals surface area contributed by atoms with Gasteiger partial charge in [-0.3, -0.25) is 18.7 Å². The van der Waals surface area contributed by atoms with E-state index in [1.807, 2.05) is 0 Å². The number of fused-ring (bicyclic) bond motifs is 1. The smallest absolute Gasteiger partial charge is 0.332 e. The van der Waals surface area contributed by atoms with Crippen LogP contribution in [0.1, 0.15) is 52.0 Å². The van der Waals surface area contributed by atoms with E-state index in [1.54, 1.807) is 38.1 Å². The van der Waals surface area contributed by atoms with E-state index in [9.17, 15) is 14.4 Å². The minimum absolute atomic E-state index is 0.0666. The van der Waals surface area contributed by atoms with Crippen molar-refractivity contribution in [3.63, 3.8) is 0 Å². The Bertz CT molecular complexity index is 889. The third-order valence-corrected chi connectivity index (χ3v) is 4.87. The lowest BCUT2D eigenvalue weighted by atomic mass is 9.95. The van der Waals surface area contributed by atoms with Crippen molar-refractivity contribution in [3.05, 3.63) is 45.1 Å². The van der Waals surface area contributed by atoms with Crippen molar-refractivity contribution in [1.29, 1.82) is 0 Å². The fourth-order valence-electron chi connectivity index (χ4n) is 3.61. The molecule has 1 fully saturated rings. The van der Waals surface area contributed by atoms with Crippen LogP contribution in [-0.2, 0) is 11.3 Å². The van der Waals surface area contributed by atoms with Gasteiger partial charge in [-0.05, 0) is 38.8 Å². The number of rotatable bonds is 4. The average Bonchev–Trinajstić information content (AvgIpc) is 2.59. The van der Waals surface area contributed by atoms with Crippen molar-refractivity contribution in [1.82, 2.24) is 14.5 Å². The van der Waals surface area contributed by atoms with E-state index in [-0.39, 0.29) is 30.1 Å². The van der Waals surface area contributed by atoms with Crippen LogP contribution in [-0.4, -0.2) is 21.1 Å². The normalized spacial score (nSPS) is 15.6. The summed E-state index contributed by atoms with van der Waals surface area (Å²) in [6.45, 7) is 3.52.